The Balaban J connectivity index is 2.41. The van der Waals surface area contributed by atoms with Crippen LogP contribution >= 0.6 is 34.5 Å². The highest BCUT2D eigenvalue weighted by atomic mass is 35.5. The molecule has 1 aromatic heterocycles. The molecule has 1 heterocycles. The Labute approximate surface area is 114 Å². The van der Waals surface area contributed by atoms with Gasteiger partial charge in [-0.3, -0.25) is 5.84 Å². The number of hydrogen-bond acceptors (Lipinski definition) is 3. The molecule has 2 nitrogen and oxygen atoms in total. The molecule has 3 N–H and O–H groups in total. The molecule has 1 atom stereocenters. The minimum Gasteiger partial charge on any atom is -0.271 e. The topological polar surface area (TPSA) is 38.0 Å². The molecule has 0 spiro atoms. The lowest BCUT2D eigenvalue weighted by atomic mass is 10.1. The van der Waals surface area contributed by atoms with Crippen LogP contribution in [0.2, 0.25) is 10.0 Å². The molecule has 5 heteroatoms. The van der Waals surface area contributed by atoms with Crippen molar-refractivity contribution in [2.24, 2.45) is 5.84 Å². The van der Waals surface area contributed by atoms with E-state index in [1.807, 2.05) is 12.1 Å². The van der Waals surface area contributed by atoms with Crippen LogP contribution in [0.1, 0.15) is 21.4 Å². The normalized spacial score (nSPS) is 12.7. The molecular formula is C12H12Cl2N2S. The number of nitrogens with two attached hydrogens (primary N) is 1. The van der Waals surface area contributed by atoms with E-state index in [4.69, 9.17) is 29.0 Å². The Hall–Kier alpha value is -0.580. The van der Waals surface area contributed by atoms with E-state index in [1.54, 1.807) is 17.4 Å². The molecule has 17 heavy (non-hydrogen) atoms. The Morgan fingerprint density at radius 1 is 1.18 bits per heavy atom. The maximum absolute atomic E-state index is 5.99. The summed E-state index contributed by atoms with van der Waals surface area (Å²) in [5.41, 5.74) is 3.76. The molecule has 0 aliphatic rings. The zero-order valence-electron chi connectivity index (χ0n) is 9.21. The van der Waals surface area contributed by atoms with Gasteiger partial charge < -0.3 is 0 Å². The van der Waals surface area contributed by atoms with Crippen molar-refractivity contribution in [2.75, 3.05) is 0 Å². The van der Waals surface area contributed by atoms with Crippen molar-refractivity contribution < 1.29 is 0 Å². The van der Waals surface area contributed by atoms with Gasteiger partial charge in [-0.2, -0.15) is 0 Å². The number of nitrogens with one attached hydrogen (secondary N) is 1. The molecule has 0 amide bonds. The third-order valence-electron chi connectivity index (χ3n) is 2.43. The second kappa shape index (κ2) is 5.38. The number of hydrazine groups is 1. The van der Waals surface area contributed by atoms with Gasteiger partial charge in [0, 0.05) is 19.8 Å². The second-order valence-corrected chi connectivity index (χ2v) is 5.94. The maximum Gasteiger partial charge on any atom is 0.0803 e. The van der Waals surface area contributed by atoms with Crippen LogP contribution < -0.4 is 11.3 Å². The van der Waals surface area contributed by atoms with E-state index < -0.39 is 0 Å². The van der Waals surface area contributed by atoms with Crippen LogP contribution in [0.15, 0.2) is 30.3 Å². The smallest absolute Gasteiger partial charge is 0.0803 e. The van der Waals surface area contributed by atoms with Crippen LogP contribution in [-0.4, -0.2) is 0 Å². The summed E-state index contributed by atoms with van der Waals surface area (Å²) in [5, 5.41) is 1.22. The first-order valence-electron chi connectivity index (χ1n) is 5.08. The first-order chi connectivity index (χ1) is 8.10. The van der Waals surface area contributed by atoms with Crippen LogP contribution in [0.25, 0.3) is 0 Å². The summed E-state index contributed by atoms with van der Waals surface area (Å²) in [7, 11) is 0. The van der Waals surface area contributed by atoms with Crippen molar-refractivity contribution >= 4 is 34.5 Å². The highest BCUT2D eigenvalue weighted by Gasteiger charge is 2.15. The van der Waals surface area contributed by atoms with Crippen LogP contribution in [0.3, 0.4) is 0 Å². The van der Waals surface area contributed by atoms with E-state index in [1.165, 1.54) is 4.88 Å². The van der Waals surface area contributed by atoms with Crippen molar-refractivity contribution in [3.05, 3.63) is 55.7 Å². The number of rotatable bonds is 3. The monoisotopic (exact) mass is 286 g/mol. The number of thiophene rings is 1. The molecule has 2 rings (SSSR count). The van der Waals surface area contributed by atoms with Crippen LogP contribution in [0.5, 0.6) is 0 Å². The van der Waals surface area contributed by atoms with Gasteiger partial charge in [-0.15, -0.1) is 11.3 Å². The number of aryl methyl sites for hydroxylation is 1. The molecule has 0 saturated carbocycles. The van der Waals surface area contributed by atoms with E-state index in [9.17, 15) is 0 Å². The first kappa shape index (κ1) is 12.9. The number of hydrogen-bond donors (Lipinski definition) is 2. The van der Waals surface area contributed by atoms with Gasteiger partial charge in [0.25, 0.3) is 0 Å². The molecule has 1 unspecified atom stereocenters. The van der Waals surface area contributed by atoms with Gasteiger partial charge in [0.1, 0.15) is 0 Å². The molecule has 0 bridgehead atoms. The lowest BCUT2D eigenvalue weighted by Crippen LogP contribution is -2.28. The molecule has 0 saturated heterocycles. The maximum atomic E-state index is 5.99. The van der Waals surface area contributed by atoms with Crippen molar-refractivity contribution in [1.29, 1.82) is 0 Å². The fourth-order valence-electron chi connectivity index (χ4n) is 1.69. The lowest BCUT2D eigenvalue weighted by Gasteiger charge is -2.15. The molecular weight excluding hydrogens is 275 g/mol. The summed E-state index contributed by atoms with van der Waals surface area (Å²) in [6.45, 7) is 2.06. The summed E-state index contributed by atoms with van der Waals surface area (Å²) in [5.74, 6) is 5.62. The summed E-state index contributed by atoms with van der Waals surface area (Å²) >= 11 is 13.7. The Kier molecular flexibility index (Phi) is 4.07. The van der Waals surface area contributed by atoms with E-state index in [2.05, 4.69) is 24.5 Å². The average molecular weight is 287 g/mol. The third-order valence-corrected chi connectivity index (χ3v) is 3.93. The highest BCUT2D eigenvalue weighted by molar-refractivity contribution is 7.12. The Bertz CT molecular complexity index is 505. The standard InChI is InChI=1S/C12H12Cl2N2S/c1-7-2-3-11(17-7)12(16-15)8-4-9(13)6-10(14)5-8/h2-6,12,16H,15H2,1H3. The predicted octanol–water partition coefficient (Wildman–Crippen LogP) is 3.92. The van der Waals surface area contributed by atoms with Gasteiger partial charge in [-0.1, -0.05) is 23.2 Å². The average Bonchev–Trinajstić information content (AvgIpc) is 2.64. The molecule has 0 aliphatic carbocycles. The lowest BCUT2D eigenvalue weighted by molar-refractivity contribution is 0.646. The van der Waals surface area contributed by atoms with Crippen LogP contribution in [0, 0.1) is 6.92 Å². The van der Waals surface area contributed by atoms with E-state index in [-0.39, 0.29) is 6.04 Å². The Morgan fingerprint density at radius 2 is 1.82 bits per heavy atom. The molecule has 1 aromatic carbocycles. The van der Waals surface area contributed by atoms with E-state index >= 15 is 0 Å². The van der Waals surface area contributed by atoms with Crippen molar-refractivity contribution in [1.82, 2.24) is 5.43 Å². The van der Waals surface area contributed by atoms with Gasteiger partial charge in [0.05, 0.1) is 6.04 Å². The van der Waals surface area contributed by atoms with Crippen molar-refractivity contribution in [3.8, 4) is 0 Å². The van der Waals surface area contributed by atoms with Crippen molar-refractivity contribution in [2.45, 2.75) is 13.0 Å². The second-order valence-electron chi connectivity index (χ2n) is 3.75. The predicted molar refractivity (Wildman–Crippen MR) is 74.7 cm³/mol. The minimum absolute atomic E-state index is 0.0788. The molecule has 0 radical (unpaired) electrons. The SMILES string of the molecule is Cc1ccc(C(NN)c2cc(Cl)cc(Cl)c2)s1. The summed E-state index contributed by atoms with van der Waals surface area (Å²) in [6, 6.07) is 9.49. The van der Waals surface area contributed by atoms with Gasteiger partial charge in [0.15, 0.2) is 0 Å². The van der Waals surface area contributed by atoms with Gasteiger partial charge in [-0.05, 0) is 42.8 Å². The molecule has 0 fully saturated rings. The fourth-order valence-corrected chi connectivity index (χ4v) is 3.20. The largest absolute Gasteiger partial charge is 0.271 e. The first-order valence-corrected chi connectivity index (χ1v) is 6.66. The van der Waals surface area contributed by atoms with Crippen molar-refractivity contribution in [3.63, 3.8) is 0 Å². The summed E-state index contributed by atoms with van der Waals surface area (Å²) in [6.07, 6.45) is 0. The molecule has 2 aromatic rings. The summed E-state index contributed by atoms with van der Waals surface area (Å²) < 4.78 is 0. The number of benzene rings is 1. The highest BCUT2D eigenvalue weighted by Crippen LogP contribution is 2.30. The fraction of sp³-hybridized carbons (Fsp3) is 0.167. The van der Waals surface area contributed by atoms with Crippen LogP contribution in [-0.2, 0) is 0 Å². The van der Waals surface area contributed by atoms with Crippen LogP contribution in [0.4, 0.5) is 0 Å². The Morgan fingerprint density at radius 3 is 2.29 bits per heavy atom. The molecule has 0 aliphatic heterocycles. The third kappa shape index (κ3) is 3.00. The van der Waals surface area contributed by atoms with Gasteiger partial charge >= 0.3 is 0 Å². The number of halogens is 2. The summed E-state index contributed by atoms with van der Waals surface area (Å²) in [4.78, 5) is 2.39. The minimum atomic E-state index is -0.0788. The quantitative estimate of drug-likeness (QED) is 0.663. The van der Waals surface area contributed by atoms with Gasteiger partial charge in [0.2, 0.25) is 0 Å². The zero-order valence-corrected chi connectivity index (χ0v) is 11.5. The molecule has 90 valence electrons. The zero-order chi connectivity index (χ0) is 12.4. The van der Waals surface area contributed by atoms with E-state index in [0.717, 1.165) is 10.4 Å². The van der Waals surface area contributed by atoms with E-state index in [0.29, 0.717) is 10.0 Å². The van der Waals surface area contributed by atoms with Gasteiger partial charge in [-0.25, -0.2) is 5.43 Å².